The normalized spacial score (nSPS) is 13.1. The van der Waals surface area contributed by atoms with Gasteiger partial charge in [0.25, 0.3) is 0 Å². The molecular formula is C14H16N2O5. The topological polar surface area (TPSA) is 94.6 Å². The van der Waals surface area contributed by atoms with Crippen molar-refractivity contribution in [2.24, 2.45) is 0 Å². The Hall–Kier alpha value is -2.44. The lowest BCUT2D eigenvalue weighted by Gasteiger charge is -2.20. The van der Waals surface area contributed by atoms with E-state index in [4.69, 9.17) is 9.47 Å². The van der Waals surface area contributed by atoms with Gasteiger partial charge < -0.3 is 19.6 Å². The van der Waals surface area contributed by atoms with Crippen molar-refractivity contribution in [1.29, 1.82) is 0 Å². The molecule has 7 nitrogen and oxygen atoms in total. The Morgan fingerprint density at radius 3 is 3.00 bits per heavy atom. The van der Waals surface area contributed by atoms with Crippen molar-refractivity contribution in [3.05, 3.63) is 17.3 Å². The lowest BCUT2D eigenvalue weighted by atomic mass is 10.0. The number of unbranched alkanes of at least 4 members (excludes halogenated alkanes) is 1. The number of carbonyl (C=O) groups is 3. The molecule has 0 saturated heterocycles. The molecule has 2 rings (SSSR count). The van der Waals surface area contributed by atoms with Crippen LogP contribution in [0, 0.1) is 0 Å². The Labute approximate surface area is 121 Å². The monoisotopic (exact) mass is 292 g/mol. The first-order chi connectivity index (χ1) is 10.2. The Kier molecular flexibility index (Phi) is 4.86. The van der Waals surface area contributed by atoms with E-state index >= 15 is 0 Å². The zero-order valence-corrected chi connectivity index (χ0v) is 11.7. The molecule has 1 N–H and O–H groups in total. The predicted molar refractivity (Wildman–Crippen MR) is 73.3 cm³/mol. The van der Waals surface area contributed by atoms with E-state index in [1.807, 2.05) is 0 Å². The number of aryl methyl sites for hydroxylation is 1. The number of ether oxygens (including phenoxy) is 2. The molecule has 1 aromatic heterocycles. The van der Waals surface area contributed by atoms with Gasteiger partial charge in [0.2, 0.25) is 11.8 Å². The van der Waals surface area contributed by atoms with Crippen LogP contribution in [0.3, 0.4) is 0 Å². The van der Waals surface area contributed by atoms with E-state index in [0.29, 0.717) is 31.4 Å². The summed E-state index contributed by atoms with van der Waals surface area (Å²) >= 11 is 0. The molecule has 0 aromatic carbocycles. The summed E-state index contributed by atoms with van der Waals surface area (Å²) in [5.41, 5.74) is 1.29. The fourth-order valence-electron chi connectivity index (χ4n) is 2.05. The molecule has 0 saturated carbocycles. The molecule has 7 heteroatoms. The molecule has 0 aliphatic carbocycles. The second kappa shape index (κ2) is 6.83. The minimum absolute atomic E-state index is 0.105. The highest BCUT2D eigenvalue weighted by Crippen LogP contribution is 2.32. The van der Waals surface area contributed by atoms with Gasteiger partial charge >= 0.3 is 5.97 Å². The van der Waals surface area contributed by atoms with E-state index in [-0.39, 0.29) is 24.0 Å². The molecule has 0 unspecified atom stereocenters. The zero-order chi connectivity index (χ0) is 15.2. The Morgan fingerprint density at radius 2 is 2.29 bits per heavy atom. The van der Waals surface area contributed by atoms with Gasteiger partial charge in [-0.25, -0.2) is 9.78 Å². The zero-order valence-electron chi connectivity index (χ0n) is 11.7. The van der Waals surface area contributed by atoms with Gasteiger partial charge in [-0.15, -0.1) is 0 Å². The second-order valence-electron chi connectivity index (χ2n) is 4.54. The number of amides is 1. The van der Waals surface area contributed by atoms with Crippen LogP contribution >= 0.6 is 0 Å². The smallest absolute Gasteiger partial charge is 0.345 e. The highest BCUT2D eigenvalue weighted by Gasteiger charge is 2.27. The number of aldehydes is 1. The quantitative estimate of drug-likeness (QED) is 0.479. The van der Waals surface area contributed by atoms with Crippen LogP contribution in [0.5, 0.6) is 5.88 Å². The molecule has 0 atom stereocenters. The van der Waals surface area contributed by atoms with Crippen molar-refractivity contribution in [2.45, 2.75) is 25.7 Å². The summed E-state index contributed by atoms with van der Waals surface area (Å²) < 4.78 is 10.2. The molecule has 2 heterocycles. The number of carbonyl (C=O) groups excluding carboxylic acids is 3. The molecule has 0 spiro atoms. The third-order valence-corrected chi connectivity index (χ3v) is 3.10. The molecule has 1 aromatic rings. The van der Waals surface area contributed by atoms with Crippen molar-refractivity contribution in [2.75, 3.05) is 19.0 Å². The number of esters is 1. The van der Waals surface area contributed by atoms with Crippen molar-refractivity contribution in [3.63, 3.8) is 0 Å². The number of methoxy groups -OCH3 is 1. The standard InChI is InChI=1S/C14H16N2O5/c1-20-14(19)11-12-9(4-5-10(18)16-12)8-15-13(11)21-7-3-2-6-17/h6,8H,2-5,7H2,1H3,(H,16,18). The minimum Gasteiger partial charge on any atom is -0.477 e. The number of hydrogen-bond acceptors (Lipinski definition) is 6. The van der Waals surface area contributed by atoms with E-state index < -0.39 is 5.97 Å². The highest BCUT2D eigenvalue weighted by atomic mass is 16.5. The highest BCUT2D eigenvalue weighted by molar-refractivity contribution is 6.05. The summed E-state index contributed by atoms with van der Waals surface area (Å²) in [4.78, 5) is 37.9. The predicted octanol–water partition coefficient (Wildman–Crippen LogP) is 1.11. The third kappa shape index (κ3) is 3.36. The molecule has 1 aliphatic heterocycles. The lowest BCUT2D eigenvalue weighted by Crippen LogP contribution is -2.23. The first-order valence-corrected chi connectivity index (χ1v) is 6.63. The number of anilines is 1. The van der Waals surface area contributed by atoms with Gasteiger partial charge in [0.15, 0.2) is 0 Å². The molecule has 0 radical (unpaired) electrons. The van der Waals surface area contributed by atoms with Crippen molar-refractivity contribution in [3.8, 4) is 5.88 Å². The fourth-order valence-corrected chi connectivity index (χ4v) is 2.05. The van der Waals surface area contributed by atoms with Crippen LogP contribution in [0.1, 0.15) is 35.2 Å². The molecule has 0 fully saturated rings. The van der Waals surface area contributed by atoms with E-state index in [2.05, 4.69) is 10.3 Å². The summed E-state index contributed by atoms with van der Waals surface area (Å²) in [6.07, 6.45) is 4.14. The number of rotatable bonds is 6. The van der Waals surface area contributed by atoms with Crippen LogP contribution in [-0.4, -0.2) is 36.9 Å². The molecule has 112 valence electrons. The summed E-state index contributed by atoms with van der Waals surface area (Å²) in [6, 6.07) is 0. The van der Waals surface area contributed by atoms with Crippen LogP contribution in [-0.2, 0) is 20.7 Å². The van der Waals surface area contributed by atoms with Gasteiger partial charge in [0.05, 0.1) is 19.4 Å². The molecule has 21 heavy (non-hydrogen) atoms. The summed E-state index contributed by atoms with van der Waals surface area (Å²) in [5, 5.41) is 2.67. The Morgan fingerprint density at radius 1 is 1.48 bits per heavy atom. The number of aromatic nitrogens is 1. The molecular weight excluding hydrogens is 276 g/mol. The van der Waals surface area contributed by atoms with E-state index in [9.17, 15) is 14.4 Å². The number of nitrogens with zero attached hydrogens (tertiary/aromatic N) is 1. The van der Waals surface area contributed by atoms with Gasteiger partial charge in [0.1, 0.15) is 11.8 Å². The molecule has 1 amide bonds. The van der Waals surface area contributed by atoms with Crippen LogP contribution in [0.2, 0.25) is 0 Å². The maximum absolute atomic E-state index is 12.0. The van der Waals surface area contributed by atoms with Gasteiger partial charge in [0, 0.05) is 19.0 Å². The van der Waals surface area contributed by atoms with Crippen molar-refractivity contribution < 1.29 is 23.9 Å². The minimum atomic E-state index is -0.619. The number of pyridine rings is 1. The van der Waals surface area contributed by atoms with E-state index in [1.54, 1.807) is 6.20 Å². The van der Waals surface area contributed by atoms with Gasteiger partial charge in [-0.05, 0) is 18.4 Å². The van der Waals surface area contributed by atoms with Crippen LogP contribution in [0.4, 0.5) is 5.69 Å². The van der Waals surface area contributed by atoms with Gasteiger partial charge in [-0.1, -0.05) is 0 Å². The van der Waals surface area contributed by atoms with Crippen LogP contribution in [0.25, 0.3) is 0 Å². The third-order valence-electron chi connectivity index (χ3n) is 3.10. The van der Waals surface area contributed by atoms with Crippen molar-refractivity contribution >= 4 is 23.9 Å². The fraction of sp³-hybridized carbons (Fsp3) is 0.429. The maximum atomic E-state index is 12.0. The first-order valence-electron chi connectivity index (χ1n) is 6.63. The first kappa shape index (κ1) is 15.0. The average molecular weight is 292 g/mol. The number of hydrogen-bond donors (Lipinski definition) is 1. The average Bonchev–Trinajstić information content (AvgIpc) is 2.50. The Balaban J connectivity index is 2.31. The maximum Gasteiger partial charge on any atom is 0.345 e. The molecule has 0 bridgehead atoms. The van der Waals surface area contributed by atoms with Crippen LogP contribution in [0.15, 0.2) is 6.20 Å². The summed E-state index contributed by atoms with van der Waals surface area (Å²) in [6.45, 7) is 0.252. The SMILES string of the molecule is COC(=O)c1c(OCCCC=O)ncc2c1NC(=O)CC2. The second-order valence-corrected chi connectivity index (χ2v) is 4.54. The van der Waals surface area contributed by atoms with Crippen LogP contribution < -0.4 is 10.1 Å². The number of fused-ring (bicyclic) bond motifs is 1. The Bertz CT molecular complexity index is 571. The van der Waals surface area contributed by atoms with Gasteiger partial charge in [-0.3, -0.25) is 4.79 Å². The molecule has 1 aliphatic rings. The largest absolute Gasteiger partial charge is 0.477 e. The summed E-state index contributed by atoms with van der Waals surface area (Å²) in [5.74, 6) is -0.675. The van der Waals surface area contributed by atoms with Gasteiger partial charge in [-0.2, -0.15) is 0 Å². The van der Waals surface area contributed by atoms with E-state index in [1.165, 1.54) is 7.11 Å². The van der Waals surface area contributed by atoms with Crippen molar-refractivity contribution in [1.82, 2.24) is 4.98 Å². The van der Waals surface area contributed by atoms with E-state index in [0.717, 1.165) is 11.8 Å². The lowest BCUT2D eigenvalue weighted by molar-refractivity contribution is -0.116. The summed E-state index contributed by atoms with van der Waals surface area (Å²) in [7, 11) is 1.25. The number of nitrogens with one attached hydrogen (secondary N) is 1.